The number of rotatable bonds is 8. The number of thioether (sulfide) groups is 1. The second-order valence-corrected chi connectivity index (χ2v) is 12.9. The van der Waals surface area contributed by atoms with Gasteiger partial charge in [0.05, 0.1) is 17.3 Å². The molecule has 0 saturated carbocycles. The zero-order chi connectivity index (χ0) is 31.8. The average molecular weight is 666 g/mol. The molecule has 9 nitrogen and oxygen atoms in total. The molecule has 1 aliphatic rings. The highest BCUT2D eigenvalue weighted by Gasteiger charge is 2.49. The molecule has 1 N–H and O–H groups in total. The summed E-state index contributed by atoms with van der Waals surface area (Å²) in [7, 11) is 0. The van der Waals surface area contributed by atoms with Gasteiger partial charge < -0.3 is 9.84 Å². The van der Waals surface area contributed by atoms with Gasteiger partial charge in [0.1, 0.15) is 22.8 Å². The number of aromatic nitrogens is 4. The Morgan fingerprint density at radius 1 is 0.957 bits per heavy atom. The van der Waals surface area contributed by atoms with E-state index in [1.165, 1.54) is 28.0 Å². The van der Waals surface area contributed by atoms with Crippen molar-refractivity contribution in [2.24, 2.45) is 0 Å². The van der Waals surface area contributed by atoms with Gasteiger partial charge in [-0.1, -0.05) is 89.3 Å². The summed E-state index contributed by atoms with van der Waals surface area (Å²) in [6, 6.07) is 28.3. The molecule has 3 aromatic heterocycles. The van der Waals surface area contributed by atoms with E-state index in [2.05, 4.69) is 15.2 Å². The van der Waals surface area contributed by atoms with Crippen molar-refractivity contribution in [3.63, 3.8) is 0 Å². The smallest absolute Gasteiger partial charge is 0.301 e. The molecule has 7 rings (SSSR count). The Morgan fingerprint density at radius 3 is 2.54 bits per heavy atom. The zero-order valence-electron chi connectivity index (χ0n) is 24.2. The van der Waals surface area contributed by atoms with Crippen LogP contribution in [0.15, 0.2) is 113 Å². The number of amides is 1. The van der Waals surface area contributed by atoms with Gasteiger partial charge in [-0.15, -0.1) is 10.2 Å². The van der Waals surface area contributed by atoms with E-state index in [9.17, 15) is 14.7 Å². The number of nitrogens with zero attached hydrogens (tertiary/aromatic N) is 5. The van der Waals surface area contributed by atoms with Gasteiger partial charge in [0, 0.05) is 17.0 Å². The van der Waals surface area contributed by atoms with E-state index in [1.807, 2.05) is 60.7 Å². The first-order valence-electron chi connectivity index (χ1n) is 14.2. The van der Waals surface area contributed by atoms with Crippen LogP contribution in [0, 0.1) is 6.92 Å². The number of carbonyl (C=O) groups is 2. The van der Waals surface area contributed by atoms with Crippen LogP contribution in [0.3, 0.4) is 0 Å². The van der Waals surface area contributed by atoms with Gasteiger partial charge >= 0.3 is 5.91 Å². The van der Waals surface area contributed by atoms with Crippen LogP contribution in [0.25, 0.3) is 11.4 Å². The number of benzene rings is 3. The van der Waals surface area contributed by atoms with Crippen LogP contribution in [0.4, 0.5) is 5.13 Å². The maximum absolute atomic E-state index is 13.9. The van der Waals surface area contributed by atoms with Gasteiger partial charge in [0.25, 0.3) is 5.78 Å². The summed E-state index contributed by atoms with van der Waals surface area (Å²) in [5, 5.41) is 21.4. The quantitative estimate of drug-likeness (QED) is 0.0575. The molecule has 1 fully saturated rings. The zero-order valence-corrected chi connectivity index (χ0v) is 26.6. The minimum Gasteiger partial charge on any atom is -0.505 e. The molecular weight excluding hydrogens is 642 g/mol. The summed E-state index contributed by atoms with van der Waals surface area (Å²) in [6.07, 6.45) is 1.75. The monoisotopic (exact) mass is 665 g/mol. The Labute approximate surface area is 276 Å². The Morgan fingerprint density at radius 2 is 1.72 bits per heavy atom. The summed E-state index contributed by atoms with van der Waals surface area (Å²) < 4.78 is 8.37. The first-order chi connectivity index (χ1) is 22.4. The third kappa shape index (κ3) is 5.53. The Bertz CT molecular complexity index is 2150. The van der Waals surface area contributed by atoms with E-state index in [4.69, 9.17) is 16.3 Å². The van der Waals surface area contributed by atoms with Crippen LogP contribution < -0.4 is 9.64 Å². The van der Waals surface area contributed by atoms with Gasteiger partial charge in [-0.2, -0.15) is 0 Å². The highest BCUT2D eigenvalue weighted by Crippen LogP contribution is 2.45. The van der Waals surface area contributed by atoms with Crippen molar-refractivity contribution in [3.8, 4) is 11.5 Å². The van der Waals surface area contributed by atoms with Gasteiger partial charge in [-0.3, -0.25) is 18.9 Å². The number of hydrogen-bond acceptors (Lipinski definition) is 9. The van der Waals surface area contributed by atoms with Gasteiger partial charge in [0.2, 0.25) is 5.13 Å². The molecule has 1 atom stereocenters. The predicted molar refractivity (Wildman–Crippen MR) is 179 cm³/mol. The maximum atomic E-state index is 13.9. The van der Waals surface area contributed by atoms with Crippen LogP contribution in [-0.2, 0) is 15.3 Å². The van der Waals surface area contributed by atoms with E-state index in [1.54, 1.807) is 53.9 Å². The number of fused-ring (bicyclic) bond motifs is 1. The summed E-state index contributed by atoms with van der Waals surface area (Å²) in [5.74, 6) is -0.348. The lowest BCUT2D eigenvalue weighted by Crippen LogP contribution is -2.29. The maximum Gasteiger partial charge on any atom is 0.301 e. The lowest BCUT2D eigenvalue weighted by Gasteiger charge is -2.23. The van der Waals surface area contributed by atoms with Crippen molar-refractivity contribution in [1.29, 1.82) is 0 Å². The Hall–Kier alpha value is -4.97. The molecule has 12 heteroatoms. The van der Waals surface area contributed by atoms with Gasteiger partial charge in [0.15, 0.2) is 10.1 Å². The third-order valence-corrected chi connectivity index (χ3v) is 9.91. The number of ether oxygens (including phenoxy) is 1. The number of ketones is 1. The first kappa shape index (κ1) is 29.7. The molecule has 0 aliphatic carbocycles. The summed E-state index contributed by atoms with van der Waals surface area (Å²) in [6.45, 7) is 1.74. The second-order valence-electron chi connectivity index (χ2n) is 10.4. The molecule has 3 aromatic carbocycles. The van der Waals surface area contributed by atoms with Gasteiger partial charge in [-0.05, 0) is 60.5 Å². The summed E-state index contributed by atoms with van der Waals surface area (Å²) in [5.41, 5.74) is 2.81. The molecule has 4 heterocycles. The number of pyridine rings is 1. The molecular formula is C34H24ClN5O4S2. The van der Waals surface area contributed by atoms with E-state index in [0.717, 1.165) is 5.56 Å². The molecule has 228 valence electrons. The van der Waals surface area contributed by atoms with E-state index in [0.29, 0.717) is 49.2 Å². The number of aliphatic hydroxyl groups is 1. The number of aliphatic hydroxyl groups excluding tert-OH is 1. The molecule has 6 aromatic rings. The molecule has 0 spiro atoms. The topological polar surface area (TPSA) is 110 Å². The minimum absolute atomic E-state index is 0.0870. The highest BCUT2D eigenvalue weighted by molar-refractivity contribution is 8.00. The number of carbonyl (C=O) groups excluding carboxylic acids is 2. The summed E-state index contributed by atoms with van der Waals surface area (Å²) >= 11 is 8.94. The SMILES string of the molecule is Cc1nc2ccccn2c1C(O)=C1C(=O)C(=O)N(c2nnc(SCc3ccccc3Cl)s2)C1c1cccc(Oc2ccccc2)c1. The number of anilines is 1. The number of hydrogen-bond donors (Lipinski definition) is 1. The second kappa shape index (κ2) is 12.4. The number of aryl methyl sites for hydroxylation is 1. The van der Waals surface area contributed by atoms with Crippen molar-refractivity contribution in [1.82, 2.24) is 19.6 Å². The molecule has 1 unspecified atom stereocenters. The van der Waals surface area contributed by atoms with Crippen LogP contribution in [0.5, 0.6) is 11.5 Å². The number of imidazole rings is 1. The van der Waals surface area contributed by atoms with E-state index >= 15 is 0 Å². The van der Waals surface area contributed by atoms with Gasteiger partial charge in [-0.25, -0.2) is 4.98 Å². The van der Waals surface area contributed by atoms with Crippen molar-refractivity contribution in [3.05, 3.63) is 136 Å². The van der Waals surface area contributed by atoms with Crippen LogP contribution >= 0.6 is 34.7 Å². The minimum atomic E-state index is -1.03. The van der Waals surface area contributed by atoms with E-state index in [-0.39, 0.29) is 16.5 Å². The van der Waals surface area contributed by atoms with Crippen molar-refractivity contribution < 1.29 is 19.4 Å². The van der Waals surface area contributed by atoms with Crippen molar-refractivity contribution >= 4 is 62.9 Å². The largest absolute Gasteiger partial charge is 0.505 e. The third-order valence-electron chi connectivity index (χ3n) is 7.44. The number of para-hydroxylation sites is 1. The first-order valence-corrected chi connectivity index (χ1v) is 16.3. The van der Waals surface area contributed by atoms with E-state index < -0.39 is 17.7 Å². The van der Waals surface area contributed by atoms with Crippen LogP contribution in [0.2, 0.25) is 5.02 Å². The van der Waals surface area contributed by atoms with Crippen LogP contribution in [-0.4, -0.2) is 36.4 Å². The Balaban J connectivity index is 1.33. The molecule has 0 radical (unpaired) electrons. The fourth-order valence-electron chi connectivity index (χ4n) is 5.36. The highest BCUT2D eigenvalue weighted by atomic mass is 35.5. The normalized spacial score (nSPS) is 16.0. The lowest BCUT2D eigenvalue weighted by molar-refractivity contribution is -0.132. The van der Waals surface area contributed by atoms with Crippen molar-refractivity contribution in [2.45, 2.75) is 23.1 Å². The number of halogens is 1. The Kier molecular flexibility index (Phi) is 8.03. The molecule has 1 amide bonds. The average Bonchev–Trinajstić information content (AvgIpc) is 3.74. The molecule has 46 heavy (non-hydrogen) atoms. The number of Topliss-reactive ketones (excluding diaryl/α,β-unsaturated/α-hetero) is 1. The van der Waals surface area contributed by atoms with Crippen molar-refractivity contribution in [2.75, 3.05) is 4.90 Å². The standard InChI is InChI=1S/C34H24ClN5O4S2/c1-20-28(39-17-8-7-16-26(39)36-20)30(41)27-29(21-11-9-14-24(18-21)44-23-12-3-2-4-13-23)40(32(43)31(27)42)33-37-38-34(46-33)45-19-22-10-5-6-15-25(22)35/h2-18,29,41H,19H2,1H3. The molecule has 0 bridgehead atoms. The fourth-order valence-corrected chi connectivity index (χ4v) is 7.51. The lowest BCUT2D eigenvalue weighted by atomic mass is 9.96. The molecule has 1 saturated heterocycles. The summed E-state index contributed by atoms with van der Waals surface area (Å²) in [4.78, 5) is 33.5. The predicted octanol–water partition coefficient (Wildman–Crippen LogP) is 7.86. The van der Waals surface area contributed by atoms with Crippen LogP contribution in [0.1, 0.15) is 28.6 Å². The fraction of sp³-hybridized carbons (Fsp3) is 0.0882. The molecule has 1 aliphatic heterocycles.